The van der Waals surface area contributed by atoms with Gasteiger partial charge in [0.2, 0.25) is 0 Å². The van der Waals surface area contributed by atoms with Crippen LogP contribution in [0.4, 0.5) is 16.2 Å². The number of hydrogen-bond donors (Lipinski definition) is 2. The Morgan fingerprint density at radius 1 is 1.02 bits per heavy atom. The van der Waals surface area contributed by atoms with Crippen LogP contribution >= 0.6 is 0 Å². The summed E-state index contributed by atoms with van der Waals surface area (Å²) in [6.07, 6.45) is 1.28. The quantitative estimate of drug-likeness (QED) is 0.438. The number of hydrogen-bond acceptors (Lipinski definition) is 6. The van der Waals surface area contributed by atoms with E-state index in [1.165, 1.54) is 9.47 Å². The number of fused-ring (bicyclic) bond motifs is 1. The second kappa shape index (κ2) is 10.5. The Hall–Kier alpha value is -3.96. The number of nitrogens with zero attached hydrogens (tertiary/aromatic N) is 3. The van der Waals surface area contributed by atoms with Crippen LogP contribution in [0.1, 0.15) is 44.4 Å². The SMILES string of the molecule is CC(C)n1c(=O)n(CC2CC2)c(=O)c2cc(NC(=O)N3CCOC(C(=O)Nc4cccc(C5CO5)c4)C3)ccc21. The molecule has 2 unspecified atom stereocenters. The fraction of sp³-hybridized carbons (Fsp3) is 0.448. The summed E-state index contributed by atoms with van der Waals surface area (Å²) in [6.45, 7) is 5.52. The lowest BCUT2D eigenvalue weighted by Crippen LogP contribution is -2.51. The van der Waals surface area contributed by atoms with Crippen molar-refractivity contribution in [3.63, 3.8) is 0 Å². The molecule has 6 rings (SSSR count). The summed E-state index contributed by atoms with van der Waals surface area (Å²) in [5, 5.41) is 6.10. The molecular weight excluding hydrogens is 514 g/mol. The van der Waals surface area contributed by atoms with Crippen LogP contribution < -0.4 is 21.9 Å². The van der Waals surface area contributed by atoms with E-state index in [1.807, 2.05) is 32.0 Å². The number of nitrogens with one attached hydrogen (secondary N) is 2. The number of epoxide rings is 1. The number of anilines is 2. The highest BCUT2D eigenvalue weighted by Crippen LogP contribution is 2.31. The Balaban J connectivity index is 1.17. The molecule has 1 aromatic heterocycles. The lowest BCUT2D eigenvalue weighted by Gasteiger charge is -2.32. The maximum Gasteiger partial charge on any atom is 0.331 e. The molecule has 2 N–H and O–H groups in total. The van der Waals surface area contributed by atoms with Crippen molar-refractivity contribution in [2.75, 3.05) is 36.9 Å². The molecule has 3 amide bonds. The molecule has 3 aromatic rings. The molecule has 1 aliphatic carbocycles. The molecule has 2 saturated heterocycles. The van der Waals surface area contributed by atoms with Crippen LogP contribution in [0, 0.1) is 5.92 Å². The van der Waals surface area contributed by atoms with Crippen molar-refractivity contribution < 1.29 is 19.1 Å². The third-order valence-corrected chi connectivity index (χ3v) is 7.58. The predicted octanol–water partition coefficient (Wildman–Crippen LogP) is 3.10. The van der Waals surface area contributed by atoms with Crippen LogP contribution in [0.3, 0.4) is 0 Å². The van der Waals surface area contributed by atoms with Crippen molar-refractivity contribution in [2.45, 2.75) is 51.5 Å². The second-order valence-corrected chi connectivity index (χ2v) is 11.0. The van der Waals surface area contributed by atoms with E-state index in [0.717, 1.165) is 18.4 Å². The summed E-state index contributed by atoms with van der Waals surface area (Å²) >= 11 is 0. The zero-order valence-corrected chi connectivity index (χ0v) is 22.6. The van der Waals surface area contributed by atoms with Gasteiger partial charge in [-0.2, -0.15) is 0 Å². The zero-order chi connectivity index (χ0) is 28.0. The topological polar surface area (TPSA) is 127 Å². The first-order valence-electron chi connectivity index (χ1n) is 13.8. The summed E-state index contributed by atoms with van der Waals surface area (Å²) in [6, 6.07) is 12.0. The first-order valence-corrected chi connectivity index (χ1v) is 13.8. The van der Waals surface area contributed by atoms with E-state index in [2.05, 4.69) is 10.6 Å². The molecule has 0 spiro atoms. The van der Waals surface area contributed by atoms with E-state index in [9.17, 15) is 19.2 Å². The monoisotopic (exact) mass is 547 g/mol. The van der Waals surface area contributed by atoms with Crippen LogP contribution in [0.5, 0.6) is 0 Å². The molecule has 3 aliphatic rings. The molecule has 1 saturated carbocycles. The van der Waals surface area contributed by atoms with Gasteiger partial charge in [-0.05, 0) is 68.5 Å². The molecule has 3 fully saturated rings. The number of rotatable bonds is 7. The van der Waals surface area contributed by atoms with E-state index in [4.69, 9.17) is 9.47 Å². The Morgan fingerprint density at radius 2 is 1.80 bits per heavy atom. The van der Waals surface area contributed by atoms with Crippen LogP contribution in [-0.4, -0.2) is 58.4 Å². The number of carbonyl (C=O) groups is 2. The molecule has 40 heavy (non-hydrogen) atoms. The molecule has 210 valence electrons. The molecule has 11 heteroatoms. The van der Waals surface area contributed by atoms with Gasteiger partial charge in [-0.1, -0.05) is 12.1 Å². The van der Waals surface area contributed by atoms with Gasteiger partial charge < -0.3 is 25.0 Å². The minimum atomic E-state index is -0.827. The maximum atomic E-state index is 13.3. The zero-order valence-electron chi connectivity index (χ0n) is 22.6. The van der Waals surface area contributed by atoms with Crippen molar-refractivity contribution in [2.24, 2.45) is 5.92 Å². The highest BCUT2D eigenvalue weighted by atomic mass is 16.6. The van der Waals surface area contributed by atoms with Crippen molar-refractivity contribution in [1.82, 2.24) is 14.0 Å². The van der Waals surface area contributed by atoms with E-state index >= 15 is 0 Å². The highest BCUT2D eigenvalue weighted by molar-refractivity contribution is 5.96. The smallest absolute Gasteiger partial charge is 0.331 e. The highest BCUT2D eigenvalue weighted by Gasteiger charge is 2.31. The number of carbonyl (C=O) groups excluding carboxylic acids is 2. The molecule has 2 atom stereocenters. The van der Waals surface area contributed by atoms with Crippen molar-refractivity contribution in [3.05, 3.63) is 68.9 Å². The molecule has 0 radical (unpaired) electrons. The van der Waals surface area contributed by atoms with Crippen LogP contribution in [0.15, 0.2) is 52.1 Å². The molecule has 2 aliphatic heterocycles. The van der Waals surface area contributed by atoms with Crippen LogP contribution in [0.25, 0.3) is 10.9 Å². The summed E-state index contributed by atoms with van der Waals surface area (Å²) in [5.74, 6) is 0.0221. The average Bonchev–Trinajstić information content (AvgIpc) is 3.86. The van der Waals surface area contributed by atoms with Gasteiger partial charge in [-0.15, -0.1) is 0 Å². The third kappa shape index (κ3) is 5.39. The normalized spacial score (nSPS) is 20.5. The number of morpholine rings is 1. The first kappa shape index (κ1) is 26.3. The molecule has 11 nitrogen and oxygen atoms in total. The third-order valence-electron chi connectivity index (χ3n) is 7.58. The molecule has 3 heterocycles. The minimum Gasteiger partial charge on any atom is -0.368 e. The van der Waals surface area contributed by atoms with E-state index in [1.54, 1.807) is 28.8 Å². The molecule has 0 bridgehead atoms. The fourth-order valence-corrected chi connectivity index (χ4v) is 5.15. The molecule has 2 aromatic carbocycles. The van der Waals surface area contributed by atoms with Gasteiger partial charge in [0, 0.05) is 30.5 Å². The number of benzene rings is 2. The standard InChI is InChI=1S/C29H33N5O6/c1-17(2)34-23-9-8-21(13-22(23)27(36)33(29(34)38)14-18-6-7-18)31-28(37)32-10-11-39-24(15-32)26(35)30-20-5-3-4-19(12-20)25-16-40-25/h3-5,8-9,12-13,17-18,24-25H,6-7,10-11,14-16H2,1-2H3,(H,30,35)(H,31,37). The van der Waals surface area contributed by atoms with E-state index in [0.29, 0.717) is 47.9 Å². The number of aromatic nitrogens is 2. The lowest BCUT2D eigenvalue weighted by atomic mass is 10.1. The summed E-state index contributed by atoms with van der Waals surface area (Å²) in [5.41, 5.74) is 1.97. The van der Waals surface area contributed by atoms with Crippen molar-refractivity contribution in [3.8, 4) is 0 Å². The summed E-state index contributed by atoms with van der Waals surface area (Å²) in [7, 11) is 0. The van der Waals surface area contributed by atoms with Gasteiger partial charge in [-0.25, -0.2) is 9.59 Å². The van der Waals surface area contributed by atoms with E-state index < -0.39 is 12.1 Å². The Bertz CT molecular complexity index is 1590. The summed E-state index contributed by atoms with van der Waals surface area (Å²) < 4.78 is 13.9. The maximum absolute atomic E-state index is 13.3. The predicted molar refractivity (Wildman–Crippen MR) is 150 cm³/mol. The Morgan fingerprint density at radius 3 is 2.52 bits per heavy atom. The minimum absolute atomic E-state index is 0.0797. The van der Waals surface area contributed by atoms with Gasteiger partial charge in [0.15, 0.2) is 6.10 Å². The Kier molecular flexibility index (Phi) is 6.93. The molecular formula is C29H33N5O6. The number of amides is 3. The number of urea groups is 1. The van der Waals surface area contributed by atoms with Gasteiger partial charge in [0.25, 0.3) is 11.5 Å². The van der Waals surface area contributed by atoms with Gasteiger partial charge >= 0.3 is 11.7 Å². The van der Waals surface area contributed by atoms with Gasteiger partial charge in [-0.3, -0.25) is 18.7 Å². The van der Waals surface area contributed by atoms with Crippen molar-refractivity contribution in [1.29, 1.82) is 0 Å². The van der Waals surface area contributed by atoms with Gasteiger partial charge in [0.05, 0.1) is 30.7 Å². The second-order valence-electron chi connectivity index (χ2n) is 11.0. The fourth-order valence-electron chi connectivity index (χ4n) is 5.15. The average molecular weight is 548 g/mol. The van der Waals surface area contributed by atoms with Crippen LogP contribution in [-0.2, 0) is 20.8 Å². The van der Waals surface area contributed by atoms with E-state index in [-0.39, 0.29) is 42.5 Å². The lowest BCUT2D eigenvalue weighted by molar-refractivity contribution is -0.131. The summed E-state index contributed by atoms with van der Waals surface area (Å²) in [4.78, 5) is 54.0. The first-order chi connectivity index (χ1) is 19.3. The largest absolute Gasteiger partial charge is 0.368 e. The Labute approximate surface area is 230 Å². The van der Waals surface area contributed by atoms with Crippen LogP contribution in [0.2, 0.25) is 0 Å². The number of ether oxygens (including phenoxy) is 2. The van der Waals surface area contributed by atoms with Gasteiger partial charge in [0.1, 0.15) is 6.10 Å². The van der Waals surface area contributed by atoms with Crippen molar-refractivity contribution >= 4 is 34.2 Å².